The van der Waals surface area contributed by atoms with Crippen molar-refractivity contribution >= 4 is 17.3 Å². The SMILES string of the molecule is CC(=O)Nc1ccc(NC2OC(CO)C(O)C(O)C2O)cc1. The molecule has 1 heterocycles. The van der Waals surface area contributed by atoms with Gasteiger partial charge in [0.2, 0.25) is 5.91 Å². The highest BCUT2D eigenvalue weighted by atomic mass is 16.6. The van der Waals surface area contributed by atoms with E-state index < -0.39 is 37.3 Å². The summed E-state index contributed by atoms with van der Waals surface area (Å²) in [6.45, 7) is 0.921. The maximum absolute atomic E-state index is 10.9. The van der Waals surface area contributed by atoms with Crippen LogP contribution >= 0.6 is 0 Å². The molecule has 122 valence electrons. The molecule has 0 saturated carbocycles. The standard InChI is InChI=1S/C14H20N2O6/c1-7(18)15-8-2-4-9(5-3-8)16-14-13(21)12(20)11(19)10(6-17)22-14/h2-5,10-14,16-17,19-21H,6H2,1H3,(H,15,18). The molecule has 1 aromatic rings. The van der Waals surface area contributed by atoms with Gasteiger partial charge in [0.15, 0.2) is 6.23 Å². The van der Waals surface area contributed by atoms with Gasteiger partial charge in [-0.3, -0.25) is 4.79 Å². The molecule has 0 aliphatic carbocycles. The molecule has 2 rings (SSSR count). The van der Waals surface area contributed by atoms with Crippen molar-refractivity contribution in [2.45, 2.75) is 37.6 Å². The Hall–Kier alpha value is -1.71. The van der Waals surface area contributed by atoms with Crippen molar-refractivity contribution in [3.8, 4) is 0 Å². The van der Waals surface area contributed by atoms with E-state index in [0.29, 0.717) is 11.4 Å². The second-order valence-corrected chi connectivity index (χ2v) is 5.15. The molecule has 1 saturated heterocycles. The number of carbonyl (C=O) groups excluding carboxylic acids is 1. The van der Waals surface area contributed by atoms with Crippen LogP contribution < -0.4 is 10.6 Å². The number of hydrogen-bond acceptors (Lipinski definition) is 7. The van der Waals surface area contributed by atoms with Gasteiger partial charge in [-0.25, -0.2) is 0 Å². The van der Waals surface area contributed by atoms with Gasteiger partial charge in [0.05, 0.1) is 6.61 Å². The van der Waals surface area contributed by atoms with Crippen molar-refractivity contribution in [1.82, 2.24) is 0 Å². The monoisotopic (exact) mass is 312 g/mol. The van der Waals surface area contributed by atoms with Crippen molar-refractivity contribution in [2.24, 2.45) is 0 Å². The Morgan fingerprint density at radius 3 is 2.23 bits per heavy atom. The molecule has 22 heavy (non-hydrogen) atoms. The number of nitrogens with one attached hydrogen (secondary N) is 2. The van der Waals surface area contributed by atoms with Crippen molar-refractivity contribution < 1.29 is 30.0 Å². The third-order valence-electron chi connectivity index (χ3n) is 3.41. The zero-order valence-corrected chi connectivity index (χ0v) is 12.0. The zero-order valence-electron chi connectivity index (χ0n) is 12.0. The summed E-state index contributed by atoms with van der Waals surface area (Å²) in [7, 11) is 0. The Kier molecular flexibility index (Phi) is 5.33. The molecule has 1 amide bonds. The van der Waals surface area contributed by atoms with E-state index in [1.807, 2.05) is 0 Å². The van der Waals surface area contributed by atoms with Crippen LogP contribution in [0.4, 0.5) is 11.4 Å². The fraction of sp³-hybridized carbons (Fsp3) is 0.500. The second-order valence-electron chi connectivity index (χ2n) is 5.15. The quantitative estimate of drug-likeness (QED) is 0.414. The minimum atomic E-state index is -1.43. The van der Waals surface area contributed by atoms with Crippen LogP contribution in [-0.2, 0) is 9.53 Å². The van der Waals surface area contributed by atoms with Gasteiger partial charge >= 0.3 is 0 Å². The molecule has 1 aromatic carbocycles. The summed E-state index contributed by atoms with van der Waals surface area (Å²) in [5.41, 5.74) is 1.20. The summed E-state index contributed by atoms with van der Waals surface area (Å²) < 4.78 is 5.34. The molecule has 1 fully saturated rings. The third-order valence-corrected chi connectivity index (χ3v) is 3.41. The van der Waals surface area contributed by atoms with Gasteiger partial charge in [0.1, 0.15) is 24.4 Å². The number of anilines is 2. The van der Waals surface area contributed by atoms with Crippen LogP contribution in [0, 0.1) is 0 Å². The lowest BCUT2D eigenvalue weighted by molar-refractivity contribution is -0.221. The first-order valence-electron chi connectivity index (χ1n) is 6.87. The van der Waals surface area contributed by atoms with Crippen molar-refractivity contribution in [3.63, 3.8) is 0 Å². The van der Waals surface area contributed by atoms with Crippen molar-refractivity contribution in [1.29, 1.82) is 0 Å². The lowest BCUT2D eigenvalue weighted by Gasteiger charge is -2.40. The Morgan fingerprint density at radius 1 is 1.09 bits per heavy atom. The highest BCUT2D eigenvalue weighted by molar-refractivity contribution is 5.88. The van der Waals surface area contributed by atoms with Gasteiger partial charge < -0.3 is 35.8 Å². The molecular formula is C14H20N2O6. The van der Waals surface area contributed by atoms with Crippen molar-refractivity contribution in [2.75, 3.05) is 17.2 Å². The van der Waals surface area contributed by atoms with E-state index >= 15 is 0 Å². The summed E-state index contributed by atoms with van der Waals surface area (Å²) in [6.07, 6.45) is -6.12. The topological polar surface area (TPSA) is 131 Å². The number of aliphatic hydroxyl groups is 4. The molecule has 1 aliphatic rings. The Bertz CT molecular complexity index is 507. The maximum atomic E-state index is 10.9. The van der Waals surface area contributed by atoms with Crippen LogP contribution in [0.15, 0.2) is 24.3 Å². The van der Waals surface area contributed by atoms with Crippen LogP contribution in [0.25, 0.3) is 0 Å². The van der Waals surface area contributed by atoms with E-state index in [4.69, 9.17) is 9.84 Å². The minimum absolute atomic E-state index is 0.186. The van der Waals surface area contributed by atoms with E-state index in [-0.39, 0.29) is 5.91 Å². The predicted molar refractivity (Wildman–Crippen MR) is 78.1 cm³/mol. The van der Waals surface area contributed by atoms with Gasteiger partial charge in [-0.1, -0.05) is 0 Å². The molecule has 5 atom stereocenters. The Balaban J connectivity index is 2.04. The molecule has 0 radical (unpaired) electrons. The first-order chi connectivity index (χ1) is 10.4. The molecule has 6 N–H and O–H groups in total. The highest BCUT2D eigenvalue weighted by Crippen LogP contribution is 2.23. The first kappa shape index (κ1) is 16.7. The molecule has 8 nitrogen and oxygen atoms in total. The number of hydrogen-bond donors (Lipinski definition) is 6. The third kappa shape index (κ3) is 3.73. The summed E-state index contributed by atoms with van der Waals surface area (Å²) in [5, 5.41) is 43.9. The van der Waals surface area contributed by atoms with Crippen LogP contribution in [0.3, 0.4) is 0 Å². The normalized spacial score (nSPS) is 31.6. The van der Waals surface area contributed by atoms with E-state index in [1.165, 1.54) is 6.92 Å². The Morgan fingerprint density at radius 2 is 1.68 bits per heavy atom. The molecule has 5 unspecified atom stereocenters. The maximum Gasteiger partial charge on any atom is 0.221 e. The summed E-state index contributed by atoms with van der Waals surface area (Å²) in [4.78, 5) is 10.9. The fourth-order valence-corrected chi connectivity index (χ4v) is 2.24. The van der Waals surface area contributed by atoms with E-state index in [0.717, 1.165) is 0 Å². The van der Waals surface area contributed by atoms with E-state index in [1.54, 1.807) is 24.3 Å². The average molecular weight is 312 g/mol. The Labute approximate surface area is 127 Å². The molecule has 0 bridgehead atoms. The van der Waals surface area contributed by atoms with Crippen LogP contribution in [-0.4, -0.2) is 63.6 Å². The largest absolute Gasteiger partial charge is 0.394 e. The zero-order chi connectivity index (χ0) is 16.3. The van der Waals surface area contributed by atoms with Gasteiger partial charge in [-0.2, -0.15) is 0 Å². The van der Waals surface area contributed by atoms with E-state index in [9.17, 15) is 20.1 Å². The summed E-state index contributed by atoms with van der Waals surface area (Å²) in [6, 6.07) is 6.64. The number of carbonyl (C=O) groups is 1. The molecule has 8 heteroatoms. The molecule has 1 aliphatic heterocycles. The van der Waals surface area contributed by atoms with E-state index in [2.05, 4.69) is 10.6 Å². The molecule has 0 spiro atoms. The van der Waals surface area contributed by atoms with Crippen LogP contribution in [0.1, 0.15) is 6.92 Å². The minimum Gasteiger partial charge on any atom is -0.394 e. The summed E-state index contributed by atoms with van der Waals surface area (Å²) >= 11 is 0. The summed E-state index contributed by atoms with van der Waals surface area (Å²) in [5.74, 6) is -0.186. The number of benzene rings is 1. The van der Waals surface area contributed by atoms with Gasteiger partial charge in [-0.05, 0) is 24.3 Å². The van der Waals surface area contributed by atoms with Gasteiger partial charge in [-0.15, -0.1) is 0 Å². The lowest BCUT2D eigenvalue weighted by Crippen LogP contribution is -2.60. The highest BCUT2D eigenvalue weighted by Gasteiger charge is 2.43. The van der Waals surface area contributed by atoms with Gasteiger partial charge in [0, 0.05) is 18.3 Å². The first-order valence-corrected chi connectivity index (χ1v) is 6.87. The predicted octanol–water partition coefficient (Wildman–Crippen LogP) is -1.14. The average Bonchev–Trinajstić information content (AvgIpc) is 2.49. The second kappa shape index (κ2) is 7.03. The van der Waals surface area contributed by atoms with Crippen LogP contribution in [0.5, 0.6) is 0 Å². The molecule has 0 aromatic heterocycles. The molecular weight excluding hydrogens is 292 g/mol. The number of aliphatic hydroxyl groups excluding tert-OH is 4. The number of amides is 1. The van der Waals surface area contributed by atoms with Crippen molar-refractivity contribution in [3.05, 3.63) is 24.3 Å². The number of ether oxygens (including phenoxy) is 1. The van der Waals surface area contributed by atoms with Gasteiger partial charge in [0.25, 0.3) is 0 Å². The smallest absolute Gasteiger partial charge is 0.221 e. The van der Waals surface area contributed by atoms with Crippen LogP contribution in [0.2, 0.25) is 0 Å². The lowest BCUT2D eigenvalue weighted by atomic mass is 9.98. The fourth-order valence-electron chi connectivity index (χ4n) is 2.24. The number of rotatable bonds is 4.